The van der Waals surface area contributed by atoms with E-state index >= 15 is 0 Å². The van der Waals surface area contributed by atoms with E-state index < -0.39 is 0 Å². The molecule has 29 heavy (non-hydrogen) atoms. The Kier molecular flexibility index (Phi) is 4.22. The van der Waals surface area contributed by atoms with Gasteiger partial charge in [-0.15, -0.1) is 0 Å². The number of thioether (sulfide) groups is 2. The highest BCUT2D eigenvalue weighted by Crippen LogP contribution is 2.70. The van der Waals surface area contributed by atoms with Gasteiger partial charge in [0.2, 0.25) is 0 Å². The molecule has 4 nitrogen and oxygen atoms in total. The molecule has 0 amide bonds. The Morgan fingerprint density at radius 2 is 1.14 bits per heavy atom. The molecule has 0 spiro atoms. The first-order chi connectivity index (χ1) is 13.8. The fraction of sp³-hybridized carbons (Fsp3) is 0.913. The van der Waals surface area contributed by atoms with E-state index in [4.69, 9.17) is 9.47 Å². The van der Waals surface area contributed by atoms with Gasteiger partial charge < -0.3 is 9.47 Å². The van der Waals surface area contributed by atoms with Crippen LogP contribution in [0.5, 0.6) is 0 Å². The molecule has 0 aromatic rings. The second-order valence-electron chi connectivity index (χ2n) is 11.4. The van der Waals surface area contributed by atoms with Crippen molar-refractivity contribution in [2.75, 3.05) is 13.2 Å². The van der Waals surface area contributed by atoms with Crippen molar-refractivity contribution < 1.29 is 19.1 Å². The Labute approximate surface area is 182 Å². The Hall–Kier alpha value is -0.360. The average molecular weight is 437 g/mol. The number of hydrogen-bond acceptors (Lipinski definition) is 6. The number of carbonyl (C=O) groups is 2. The van der Waals surface area contributed by atoms with Crippen molar-refractivity contribution in [1.82, 2.24) is 0 Å². The number of fused-ring (bicyclic) bond motifs is 10. The second-order valence-corrected chi connectivity index (χ2v) is 14.1. The molecule has 160 valence electrons. The quantitative estimate of drug-likeness (QED) is 0.465. The summed E-state index contributed by atoms with van der Waals surface area (Å²) < 4.78 is 11.6. The van der Waals surface area contributed by atoms with Crippen LogP contribution in [0.4, 0.5) is 0 Å². The van der Waals surface area contributed by atoms with Crippen molar-refractivity contribution in [2.24, 2.45) is 52.8 Å². The number of esters is 2. The number of rotatable bonds is 6. The number of hydrogen-bond donors (Lipinski definition) is 0. The van der Waals surface area contributed by atoms with E-state index in [2.05, 4.69) is 37.4 Å². The Morgan fingerprint density at radius 3 is 1.52 bits per heavy atom. The lowest BCUT2D eigenvalue weighted by molar-refractivity contribution is -0.161. The number of ether oxygens (including phenoxy) is 2. The van der Waals surface area contributed by atoms with E-state index in [1.165, 1.54) is 12.8 Å². The first-order valence-electron chi connectivity index (χ1n) is 11.4. The molecule has 0 N–H and O–H groups in total. The average Bonchev–Trinajstić information content (AvgIpc) is 3.53. The summed E-state index contributed by atoms with van der Waals surface area (Å²) in [6.45, 7) is 9.18. The van der Waals surface area contributed by atoms with E-state index in [1.54, 1.807) is 0 Å². The van der Waals surface area contributed by atoms with Crippen molar-refractivity contribution in [3.8, 4) is 0 Å². The van der Waals surface area contributed by atoms with E-state index in [9.17, 15) is 9.59 Å². The topological polar surface area (TPSA) is 52.6 Å². The van der Waals surface area contributed by atoms with Crippen LogP contribution in [-0.2, 0) is 19.1 Å². The molecule has 2 heterocycles. The lowest BCUT2D eigenvalue weighted by Gasteiger charge is -2.30. The van der Waals surface area contributed by atoms with Crippen LogP contribution >= 0.6 is 23.5 Å². The van der Waals surface area contributed by atoms with Gasteiger partial charge in [-0.1, -0.05) is 27.7 Å². The fourth-order valence-electron chi connectivity index (χ4n) is 7.40. The van der Waals surface area contributed by atoms with Crippen molar-refractivity contribution in [3.63, 3.8) is 0 Å². The molecule has 0 radical (unpaired) electrons. The van der Waals surface area contributed by atoms with Gasteiger partial charge in [0.25, 0.3) is 0 Å². The molecule has 6 aliphatic rings. The summed E-state index contributed by atoms with van der Waals surface area (Å²) in [5.41, 5.74) is -0.346. The molecule has 6 fully saturated rings. The standard InChI is InChI=1S/C23H32O4S2/c1-9-11-5-13(19-17(11)28-19)15(9)21(24)26-7-23(3,4)8-27-22(25)16-10(2)12-6-14(16)20-18(12)29-20/h9-20H,5-8H2,1-4H3. The van der Waals surface area contributed by atoms with Gasteiger partial charge in [0.15, 0.2) is 0 Å². The predicted molar refractivity (Wildman–Crippen MR) is 115 cm³/mol. The molecule has 12 atom stereocenters. The van der Waals surface area contributed by atoms with Crippen LogP contribution < -0.4 is 0 Å². The summed E-state index contributed by atoms with van der Waals surface area (Å²) in [5, 5.41) is 3.09. The van der Waals surface area contributed by atoms with Gasteiger partial charge in [-0.25, -0.2) is 0 Å². The zero-order valence-corrected chi connectivity index (χ0v) is 19.3. The molecule has 6 heteroatoms. The Bertz CT molecular complexity index is 693. The molecule has 4 aliphatic carbocycles. The minimum absolute atomic E-state index is 0.0196. The van der Waals surface area contributed by atoms with Crippen LogP contribution in [0.2, 0.25) is 0 Å². The fourth-order valence-corrected chi connectivity index (χ4v) is 10.8. The van der Waals surface area contributed by atoms with Crippen molar-refractivity contribution >= 4 is 35.5 Å². The molecular weight excluding hydrogens is 404 g/mol. The normalized spacial score (nSPS) is 52.8. The number of carbonyl (C=O) groups excluding carboxylic acids is 2. The van der Waals surface area contributed by atoms with Crippen LogP contribution in [0, 0.1) is 52.8 Å². The maximum Gasteiger partial charge on any atom is 0.309 e. The SMILES string of the molecule is CC1C2CC(C3SC23)C1C(=O)OCC(C)(C)COC(=O)C1C(C)C2CC1C1SC21. The molecule has 0 aromatic carbocycles. The zero-order chi connectivity index (χ0) is 20.2. The van der Waals surface area contributed by atoms with Gasteiger partial charge in [-0.3, -0.25) is 9.59 Å². The molecule has 2 aliphatic heterocycles. The van der Waals surface area contributed by atoms with Crippen LogP contribution in [0.1, 0.15) is 40.5 Å². The van der Waals surface area contributed by atoms with Gasteiger partial charge in [0.05, 0.1) is 25.0 Å². The van der Waals surface area contributed by atoms with E-state index in [1.807, 2.05) is 13.8 Å². The molecule has 2 saturated heterocycles. The van der Waals surface area contributed by atoms with Crippen molar-refractivity contribution in [2.45, 2.75) is 61.5 Å². The van der Waals surface area contributed by atoms with Gasteiger partial charge in [0.1, 0.15) is 0 Å². The van der Waals surface area contributed by atoms with E-state index in [-0.39, 0.29) is 29.2 Å². The van der Waals surface area contributed by atoms with E-state index in [0.717, 1.165) is 32.8 Å². The Morgan fingerprint density at radius 1 is 0.759 bits per heavy atom. The minimum atomic E-state index is -0.346. The minimum Gasteiger partial charge on any atom is -0.465 e. The third-order valence-corrected chi connectivity index (χ3v) is 12.3. The highest BCUT2D eigenvalue weighted by molar-refractivity contribution is 8.08. The largest absolute Gasteiger partial charge is 0.465 e. The highest BCUT2D eigenvalue weighted by atomic mass is 32.2. The van der Waals surface area contributed by atoms with Crippen LogP contribution in [0.15, 0.2) is 0 Å². The smallest absolute Gasteiger partial charge is 0.309 e. The molecule has 0 aromatic heterocycles. The molecule has 6 rings (SSSR count). The first-order valence-corrected chi connectivity index (χ1v) is 13.3. The maximum atomic E-state index is 12.8. The van der Waals surface area contributed by atoms with Crippen LogP contribution in [-0.4, -0.2) is 46.2 Å². The van der Waals surface area contributed by atoms with Crippen molar-refractivity contribution in [3.05, 3.63) is 0 Å². The predicted octanol–water partition coefficient (Wildman–Crippen LogP) is 3.87. The summed E-state index contributed by atoms with van der Waals surface area (Å²) in [7, 11) is 0. The molecular formula is C23H32O4S2. The van der Waals surface area contributed by atoms with Gasteiger partial charge in [-0.2, -0.15) is 23.5 Å². The summed E-state index contributed by atoms with van der Waals surface area (Å²) >= 11 is 4.14. The summed E-state index contributed by atoms with van der Waals surface area (Å²) in [4.78, 5) is 25.7. The molecule has 12 unspecified atom stereocenters. The van der Waals surface area contributed by atoms with Crippen LogP contribution in [0.3, 0.4) is 0 Å². The lowest BCUT2D eigenvalue weighted by atomic mass is 9.80. The highest BCUT2D eigenvalue weighted by Gasteiger charge is 2.68. The lowest BCUT2D eigenvalue weighted by Crippen LogP contribution is -2.37. The first kappa shape index (κ1) is 19.3. The molecule has 4 bridgehead atoms. The Balaban J connectivity index is 1.01. The van der Waals surface area contributed by atoms with E-state index in [0.29, 0.717) is 36.9 Å². The third kappa shape index (κ3) is 2.86. The van der Waals surface area contributed by atoms with Gasteiger partial charge in [-0.05, 0) is 48.3 Å². The summed E-state index contributed by atoms with van der Waals surface area (Å²) in [5.74, 6) is 3.51. The van der Waals surface area contributed by atoms with Gasteiger partial charge in [0, 0.05) is 26.4 Å². The second kappa shape index (κ2) is 6.34. The summed E-state index contributed by atoms with van der Waals surface area (Å²) in [6.07, 6.45) is 2.43. The third-order valence-electron chi connectivity index (χ3n) is 9.06. The molecule has 4 saturated carbocycles. The summed E-state index contributed by atoms with van der Waals surface area (Å²) in [6, 6.07) is 0. The zero-order valence-electron chi connectivity index (χ0n) is 17.7. The maximum absolute atomic E-state index is 12.8. The van der Waals surface area contributed by atoms with Gasteiger partial charge >= 0.3 is 11.9 Å². The monoisotopic (exact) mass is 436 g/mol. The van der Waals surface area contributed by atoms with Crippen molar-refractivity contribution in [1.29, 1.82) is 0 Å². The van der Waals surface area contributed by atoms with Crippen LogP contribution in [0.25, 0.3) is 0 Å².